The number of carbonyl (C=O) groups is 1. The average Bonchev–Trinajstić information content (AvgIpc) is 2.53. The molecule has 0 aliphatic heterocycles. The fourth-order valence-electron chi connectivity index (χ4n) is 3.19. The van der Waals surface area contributed by atoms with Gasteiger partial charge in [0.05, 0.1) is 0 Å². The molecular weight excluding hydrogens is 298 g/mol. The molecule has 0 amide bonds. The fourth-order valence-corrected chi connectivity index (χ4v) is 3.19. The second kappa shape index (κ2) is 17.3. The zero-order chi connectivity index (χ0) is 18.0. The molecule has 24 heavy (non-hydrogen) atoms. The van der Waals surface area contributed by atoms with Crippen LogP contribution in [0.1, 0.15) is 111 Å². The number of unbranched alkanes of at least 4 members (excludes halogenated alkanes) is 13. The smallest absolute Gasteiger partial charge is 0.320 e. The van der Waals surface area contributed by atoms with Gasteiger partial charge in [0.1, 0.15) is 6.04 Å². The van der Waals surface area contributed by atoms with E-state index in [0.29, 0.717) is 0 Å². The molecule has 1 unspecified atom stereocenters. The highest BCUT2D eigenvalue weighted by Gasteiger charge is 2.19. The van der Waals surface area contributed by atoms with Gasteiger partial charge >= 0.3 is 5.97 Å². The van der Waals surface area contributed by atoms with Gasteiger partial charge in [-0.1, -0.05) is 104 Å². The van der Waals surface area contributed by atoms with Crippen molar-refractivity contribution < 1.29 is 9.90 Å². The van der Waals surface area contributed by atoms with Gasteiger partial charge in [-0.2, -0.15) is 0 Å². The van der Waals surface area contributed by atoms with E-state index < -0.39 is 12.0 Å². The predicted octanol–water partition coefficient (Wildman–Crippen LogP) is 6.17. The molecule has 0 aliphatic carbocycles. The molecule has 0 radical (unpaired) electrons. The van der Waals surface area contributed by atoms with Crippen LogP contribution in [-0.4, -0.2) is 23.7 Å². The summed E-state index contributed by atoms with van der Waals surface area (Å²) in [7, 11) is 0. The molecular formula is C21H43NO2. The second-order valence-corrected chi connectivity index (χ2v) is 7.61. The van der Waals surface area contributed by atoms with E-state index in [4.69, 9.17) is 5.11 Å². The number of aliphatic carboxylic acids is 1. The van der Waals surface area contributed by atoms with E-state index in [1.807, 2.05) is 13.8 Å². The van der Waals surface area contributed by atoms with E-state index in [0.717, 1.165) is 13.0 Å². The first kappa shape index (κ1) is 23.4. The standard InChI is InChI=1S/C21H43NO2/c1-4-5-6-7-8-9-10-11-12-13-14-15-16-17-18-22-20(19(2)3)21(23)24/h19-20,22H,4-18H2,1-3H3,(H,23,24). The molecule has 1 atom stereocenters. The van der Waals surface area contributed by atoms with Gasteiger partial charge in [-0.05, 0) is 18.9 Å². The van der Waals surface area contributed by atoms with Crippen molar-refractivity contribution in [3.05, 3.63) is 0 Å². The van der Waals surface area contributed by atoms with Gasteiger partial charge in [0.25, 0.3) is 0 Å². The Morgan fingerprint density at radius 2 is 1.12 bits per heavy atom. The Labute approximate surface area is 151 Å². The second-order valence-electron chi connectivity index (χ2n) is 7.61. The van der Waals surface area contributed by atoms with E-state index >= 15 is 0 Å². The Hall–Kier alpha value is -0.570. The van der Waals surface area contributed by atoms with Crippen LogP contribution in [0.3, 0.4) is 0 Å². The number of hydrogen-bond donors (Lipinski definition) is 2. The zero-order valence-electron chi connectivity index (χ0n) is 16.6. The molecule has 0 bridgehead atoms. The molecule has 0 fully saturated rings. The number of rotatable bonds is 18. The Kier molecular flexibility index (Phi) is 16.8. The molecule has 144 valence electrons. The SMILES string of the molecule is CCCCCCCCCCCCCCCCNC(C(=O)O)C(C)C. The molecule has 0 saturated heterocycles. The maximum Gasteiger partial charge on any atom is 0.320 e. The first-order valence-electron chi connectivity index (χ1n) is 10.6. The number of carboxylic acid groups (broad SMARTS) is 1. The van der Waals surface area contributed by atoms with Crippen molar-refractivity contribution in [3.63, 3.8) is 0 Å². The molecule has 0 aliphatic rings. The van der Waals surface area contributed by atoms with Crippen molar-refractivity contribution in [1.29, 1.82) is 0 Å². The third-order valence-corrected chi connectivity index (χ3v) is 4.83. The van der Waals surface area contributed by atoms with Gasteiger partial charge in [-0.25, -0.2) is 0 Å². The first-order valence-corrected chi connectivity index (χ1v) is 10.6. The largest absolute Gasteiger partial charge is 0.480 e. The lowest BCUT2D eigenvalue weighted by Crippen LogP contribution is -2.41. The van der Waals surface area contributed by atoms with Crippen LogP contribution in [0.25, 0.3) is 0 Å². The van der Waals surface area contributed by atoms with Crippen molar-refractivity contribution in [3.8, 4) is 0 Å². The molecule has 0 heterocycles. The third-order valence-electron chi connectivity index (χ3n) is 4.83. The van der Waals surface area contributed by atoms with Crippen molar-refractivity contribution >= 4 is 5.97 Å². The summed E-state index contributed by atoms with van der Waals surface area (Å²) < 4.78 is 0. The van der Waals surface area contributed by atoms with Crippen LogP contribution in [0, 0.1) is 5.92 Å². The van der Waals surface area contributed by atoms with Crippen LogP contribution in [0.5, 0.6) is 0 Å². The van der Waals surface area contributed by atoms with Crippen LogP contribution in [0.15, 0.2) is 0 Å². The lowest BCUT2D eigenvalue weighted by molar-refractivity contribution is -0.140. The molecule has 0 spiro atoms. The molecule has 3 heteroatoms. The number of carboxylic acids is 1. The average molecular weight is 342 g/mol. The fraction of sp³-hybridized carbons (Fsp3) is 0.952. The van der Waals surface area contributed by atoms with E-state index in [1.54, 1.807) is 0 Å². The molecule has 0 aromatic carbocycles. The van der Waals surface area contributed by atoms with E-state index in [2.05, 4.69) is 12.2 Å². The van der Waals surface area contributed by atoms with Gasteiger partial charge in [-0.15, -0.1) is 0 Å². The van der Waals surface area contributed by atoms with Crippen LogP contribution in [0.2, 0.25) is 0 Å². The topological polar surface area (TPSA) is 49.3 Å². The van der Waals surface area contributed by atoms with E-state index in [1.165, 1.54) is 83.5 Å². The number of nitrogens with one attached hydrogen (secondary N) is 1. The summed E-state index contributed by atoms with van der Waals surface area (Å²) in [6.07, 6.45) is 19.0. The minimum atomic E-state index is -0.727. The molecule has 2 N–H and O–H groups in total. The molecule has 0 rings (SSSR count). The maximum absolute atomic E-state index is 11.1. The Morgan fingerprint density at radius 1 is 0.750 bits per heavy atom. The summed E-state index contributed by atoms with van der Waals surface area (Å²) in [5.74, 6) is -0.579. The van der Waals surface area contributed by atoms with Crippen molar-refractivity contribution in [1.82, 2.24) is 5.32 Å². The summed E-state index contributed by atoms with van der Waals surface area (Å²) in [5, 5.41) is 12.3. The lowest BCUT2D eigenvalue weighted by Gasteiger charge is -2.17. The first-order chi connectivity index (χ1) is 11.6. The Morgan fingerprint density at radius 3 is 1.46 bits per heavy atom. The highest BCUT2D eigenvalue weighted by atomic mass is 16.4. The molecule has 3 nitrogen and oxygen atoms in total. The highest BCUT2D eigenvalue weighted by Crippen LogP contribution is 2.13. The van der Waals surface area contributed by atoms with Gasteiger partial charge in [-0.3, -0.25) is 4.79 Å². The summed E-state index contributed by atoms with van der Waals surface area (Å²) in [4.78, 5) is 11.1. The summed E-state index contributed by atoms with van der Waals surface area (Å²) >= 11 is 0. The Bertz CT molecular complexity index is 279. The third kappa shape index (κ3) is 15.0. The van der Waals surface area contributed by atoms with Crippen LogP contribution >= 0.6 is 0 Å². The van der Waals surface area contributed by atoms with Gasteiger partial charge in [0, 0.05) is 0 Å². The lowest BCUT2D eigenvalue weighted by atomic mass is 10.0. The quantitative estimate of drug-likeness (QED) is 0.293. The van der Waals surface area contributed by atoms with E-state index in [-0.39, 0.29) is 5.92 Å². The van der Waals surface area contributed by atoms with Gasteiger partial charge in [0.15, 0.2) is 0 Å². The minimum absolute atomic E-state index is 0.147. The zero-order valence-corrected chi connectivity index (χ0v) is 16.6. The van der Waals surface area contributed by atoms with Crippen LogP contribution in [-0.2, 0) is 4.79 Å². The van der Waals surface area contributed by atoms with Crippen molar-refractivity contribution in [2.45, 2.75) is 117 Å². The summed E-state index contributed by atoms with van der Waals surface area (Å²) in [6.45, 7) is 7.01. The predicted molar refractivity (Wildman–Crippen MR) is 105 cm³/mol. The summed E-state index contributed by atoms with van der Waals surface area (Å²) in [5.41, 5.74) is 0. The molecule has 0 saturated carbocycles. The number of hydrogen-bond acceptors (Lipinski definition) is 2. The normalized spacial score (nSPS) is 12.7. The Balaban J connectivity index is 3.21. The molecule has 0 aromatic heterocycles. The maximum atomic E-state index is 11.1. The van der Waals surface area contributed by atoms with Crippen LogP contribution in [0.4, 0.5) is 0 Å². The van der Waals surface area contributed by atoms with Gasteiger partial charge in [0.2, 0.25) is 0 Å². The van der Waals surface area contributed by atoms with E-state index in [9.17, 15) is 4.79 Å². The molecule has 0 aromatic rings. The van der Waals surface area contributed by atoms with Crippen LogP contribution < -0.4 is 5.32 Å². The van der Waals surface area contributed by atoms with Gasteiger partial charge < -0.3 is 10.4 Å². The monoisotopic (exact) mass is 341 g/mol. The van der Waals surface area contributed by atoms with Crippen molar-refractivity contribution in [2.75, 3.05) is 6.54 Å². The van der Waals surface area contributed by atoms with Crippen molar-refractivity contribution in [2.24, 2.45) is 5.92 Å². The summed E-state index contributed by atoms with van der Waals surface area (Å²) in [6, 6.07) is -0.396. The highest BCUT2D eigenvalue weighted by molar-refractivity contribution is 5.73. The minimum Gasteiger partial charge on any atom is -0.480 e.